The van der Waals surface area contributed by atoms with Crippen LogP contribution >= 0.6 is 0 Å². The summed E-state index contributed by atoms with van der Waals surface area (Å²) < 4.78 is 0. The summed E-state index contributed by atoms with van der Waals surface area (Å²) in [6.07, 6.45) is 1.82. The van der Waals surface area contributed by atoms with Gasteiger partial charge in [0.15, 0.2) is 5.82 Å². The van der Waals surface area contributed by atoms with E-state index in [1.807, 2.05) is 36.5 Å². The fourth-order valence-corrected chi connectivity index (χ4v) is 7.29. The summed E-state index contributed by atoms with van der Waals surface area (Å²) >= 11 is 0. The number of nitrogens with zero attached hydrogens (tertiary/aromatic N) is 4. The molecule has 4 heteroatoms. The number of pyridine rings is 1. The molecule has 0 fully saturated rings. The smallest absolute Gasteiger partial charge is 0.160 e. The summed E-state index contributed by atoms with van der Waals surface area (Å²) in [5.74, 6) is 0.700. The first-order chi connectivity index (χ1) is 24.3. The third kappa shape index (κ3) is 4.49. The van der Waals surface area contributed by atoms with Gasteiger partial charge in [0.1, 0.15) is 0 Å². The van der Waals surface area contributed by atoms with Crippen molar-refractivity contribution in [2.75, 3.05) is 4.90 Å². The van der Waals surface area contributed by atoms with E-state index in [-0.39, 0.29) is 0 Å². The van der Waals surface area contributed by atoms with Crippen LogP contribution in [0.1, 0.15) is 0 Å². The van der Waals surface area contributed by atoms with E-state index in [0.717, 1.165) is 44.7 Å². The number of rotatable bonds is 4. The van der Waals surface area contributed by atoms with E-state index in [4.69, 9.17) is 9.97 Å². The molecule has 9 aromatic rings. The van der Waals surface area contributed by atoms with E-state index in [9.17, 15) is 0 Å². The van der Waals surface area contributed by atoms with Crippen molar-refractivity contribution in [3.63, 3.8) is 0 Å². The highest BCUT2D eigenvalue weighted by Gasteiger charge is 2.26. The summed E-state index contributed by atoms with van der Waals surface area (Å²) in [5, 5.41) is 5.99. The van der Waals surface area contributed by atoms with Crippen LogP contribution in [0.5, 0.6) is 0 Å². The predicted octanol–water partition coefficient (Wildman–Crippen LogP) is 11.8. The van der Waals surface area contributed by atoms with Gasteiger partial charge in [-0.15, -0.1) is 0 Å². The Labute approximate surface area is 283 Å². The second-order valence-electron chi connectivity index (χ2n) is 12.5. The number of hydrogen-bond acceptors (Lipinski definition) is 4. The predicted molar refractivity (Wildman–Crippen MR) is 202 cm³/mol. The number of aromatic nitrogens is 3. The lowest BCUT2D eigenvalue weighted by molar-refractivity contribution is 1.22. The lowest BCUT2D eigenvalue weighted by Gasteiger charge is -2.34. The second-order valence-corrected chi connectivity index (χ2v) is 12.5. The fourth-order valence-electron chi connectivity index (χ4n) is 7.29. The SMILES string of the molecule is c1ccc(-c2ccc(-c3nc(-c4ccc(N5c6cc7ccccc7cc6-c6cccc7cccc5c67)cc4)nc4ccccc34)cc2)nc1. The van der Waals surface area contributed by atoms with Crippen LogP contribution < -0.4 is 4.90 Å². The van der Waals surface area contributed by atoms with Gasteiger partial charge in [0, 0.05) is 44.9 Å². The number of hydrogen-bond donors (Lipinski definition) is 0. The van der Waals surface area contributed by atoms with Gasteiger partial charge in [-0.2, -0.15) is 0 Å². The quantitative estimate of drug-likeness (QED) is 0.195. The number of para-hydroxylation sites is 1. The summed E-state index contributed by atoms with van der Waals surface area (Å²) in [6, 6.07) is 57.9. The highest BCUT2D eigenvalue weighted by atomic mass is 15.2. The monoisotopic (exact) mass is 624 g/mol. The van der Waals surface area contributed by atoms with Crippen molar-refractivity contribution in [1.29, 1.82) is 0 Å². The fraction of sp³-hybridized carbons (Fsp3) is 0. The third-order valence-corrected chi connectivity index (χ3v) is 9.62. The van der Waals surface area contributed by atoms with Gasteiger partial charge < -0.3 is 4.90 Å². The lowest BCUT2D eigenvalue weighted by Crippen LogP contribution is -2.15. The molecule has 0 saturated carbocycles. The molecule has 7 aromatic carbocycles. The molecule has 2 aromatic heterocycles. The molecule has 1 aliphatic heterocycles. The molecule has 0 aliphatic carbocycles. The average Bonchev–Trinajstić information content (AvgIpc) is 3.18. The Morgan fingerprint density at radius 1 is 0.449 bits per heavy atom. The van der Waals surface area contributed by atoms with Crippen LogP contribution in [0.2, 0.25) is 0 Å². The number of anilines is 3. The molecule has 0 spiro atoms. The summed E-state index contributed by atoms with van der Waals surface area (Å²) in [6.45, 7) is 0. The maximum absolute atomic E-state index is 5.18. The molecule has 0 N–H and O–H groups in total. The van der Waals surface area contributed by atoms with Crippen LogP contribution in [-0.4, -0.2) is 15.0 Å². The van der Waals surface area contributed by atoms with Gasteiger partial charge in [-0.3, -0.25) is 4.98 Å². The van der Waals surface area contributed by atoms with E-state index < -0.39 is 0 Å². The van der Waals surface area contributed by atoms with Gasteiger partial charge in [0.2, 0.25) is 0 Å². The highest BCUT2D eigenvalue weighted by molar-refractivity contribution is 6.15. The Hall–Kier alpha value is -6.65. The van der Waals surface area contributed by atoms with Crippen LogP contribution in [0.4, 0.5) is 17.1 Å². The normalized spacial score (nSPS) is 12.0. The van der Waals surface area contributed by atoms with E-state index in [1.165, 1.54) is 44.0 Å². The van der Waals surface area contributed by atoms with Crippen LogP contribution in [-0.2, 0) is 0 Å². The Morgan fingerprint density at radius 2 is 1.14 bits per heavy atom. The van der Waals surface area contributed by atoms with Crippen molar-refractivity contribution in [2.24, 2.45) is 0 Å². The summed E-state index contributed by atoms with van der Waals surface area (Å²) in [7, 11) is 0. The minimum atomic E-state index is 0.700. The molecular weight excluding hydrogens is 597 g/mol. The van der Waals surface area contributed by atoms with E-state index in [2.05, 4.69) is 143 Å². The Balaban J connectivity index is 1.09. The third-order valence-electron chi connectivity index (χ3n) is 9.62. The van der Waals surface area contributed by atoms with E-state index in [1.54, 1.807) is 0 Å². The van der Waals surface area contributed by atoms with E-state index in [0.29, 0.717) is 5.82 Å². The standard InChI is InChI=1S/C45H28N4/c1-2-10-34-28-42-38(27-33(34)9-1)36-14-7-11-30-12-8-17-41(43(30)36)49(42)35-24-22-32(23-25-35)45-47-40-16-4-3-13-37(40)44(48-45)31-20-18-29(19-21-31)39-15-5-6-26-46-39/h1-28H. The molecule has 0 bridgehead atoms. The zero-order valence-electron chi connectivity index (χ0n) is 26.5. The number of benzene rings is 7. The summed E-state index contributed by atoms with van der Waals surface area (Å²) in [4.78, 5) is 17.1. The Bertz CT molecular complexity index is 2690. The molecule has 0 radical (unpaired) electrons. The molecule has 0 unspecified atom stereocenters. The van der Waals surface area contributed by atoms with Gasteiger partial charge in [-0.25, -0.2) is 9.97 Å². The maximum Gasteiger partial charge on any atom is 0.160 e. The van der Waals surface area contributed by atoms with Gasteiger partial charge >= 0.3 is 0 Å². The first-order valence-corrected chi connectivity index (χ1v) is 16.5. The maximum atomic E-state index is 5.18. The van der Waals surface area contributed by atoms with Crippen molar-refractivity contribution < 1.29 is 0 Å². The minimum absolute atomic E-state index is 0.700. The topological polar surface area (TPSA) is 41.9 Å². The van der Waals surface area contributed by atoms with Gasteiger partial charge in [-0.1, -0.05) is 103 Å². The lowest BCUT2D eigenvalue weighted by atomic mass is 9.89. The molecule has 228 valence electrons. The molecule has 4 nitrogen and oxygen atoms in total. The van der Waals surface area contributed by atoms with Crippen molar-refractivity contribution in [3.05, 3.63) is 170 Å². The van der Waals surface area contributed by atoms with Crippen LogP contribution in [0.15, 0.2) is 170 Å². The zero-order chi connectivity index (χ0) is 32.3. The highest BCUT2D eigenvalue weighted by Crippen LogP contribution is 2.52. The second kappa shape index (κ2) is 11.0. The zero-order valence-corrected chi connectivity index (χ0v) is 26.5. The van der Waals surface area contributed by atoms with Gasteiger partial charge in [0.05, 0.1) is 28.3 Å². The van der Waals surface area contributed by atoms with Crippen LogP contribution in [0.25, 0.3) is 77.5 Å². The van der Waals surface area contributed by atoms with Crippen LogP contribution in [0.3, 0.4) is 0 Å². The first-order valence-electron chi connectivity index (χ1n) is 16.5. The molecule has 0 saturated heterocycles. The average molecular weight is 625 g/mol. The molecule has 49 heavy (non-hydrogen) atoms. The van der Waals surface area contributed by atoms with Crippen LogP contribution in [0, 0.1) is 0 Å². The minimum Gasteiger partial charge on any atom is -0.309 e. The van der Waals surface area contributed by atoms with Gasteiger partial charge in [-0.05, 0) is 82.4 Å². The Kier molecular flexibility index (Phi) is 6.15. The van der Waals surface area contributed by atoms with Gasteiger partial charge in [0.25, 0.3) is 0 Å². The molecule has 10 rings (SSSR count). The van der Waals surface area contributed by atoms with Crippen molar-refractivity contribution in [3.8, 4) is 45.0 Å². The number of fused-ring (bicyclic) bond motifs is 4. The molecule has 1 aliphatic rings. The molecule has 3 heterocycles. The molecular formula is C45H28N4. The van der Waals surface area contributed by atoms with Crippen molar-refractivity contribution in [2.45, 2.75) is 0 Å². The Morgan fingerprint density at radius 3 is 1.96 bits per heavy atom. The van der Waals surface area contributed by atoms with Crippen molar-refractivity contribution >= 4 is 49.5 Å². The molecule has 0 atom stereocenters. The summed E-state index contributed by atoms with van der Waals surface area (Å²) in [5.41, 5.74) is 11.8. The van der Waals surface area contributed by atoms with Crippen molar-refractivity contribution in [1.82, 2.24) is 15.0 Å². The first kappa shape index (κ1) is 27.5. The largest absolute Gasteiger partial charge is 0.309 e. The van der Waals surface area contributed by atoms with E-state index >= 15 is 0 Å². The molecule has 0 amide bonds.